The average molecular weight is 1500 g/mol. The van der Waals surface area contributed by atoms with E-state index < -0.39 is 16.2 Å². The molecule has 17 aromatic carbocycles. The molecular weight excluding hydrogens is 1430 g/mol. The van der Waals surface area contributed by atoms with E-state index in [1.165, 1.54) is 122 Å². The minimum absolute atomic E-state index is 0.362. The molecule has 0 aliphatic heterocycles. The third-order valence-electron chi connectivity index (χ3n) is 26.4. The highest BCUT2D eigenvalue weighted by Gasteiger charge is 2.56. The molecule has 4 aliphatic carbocycles. The van der Waals surface area contributed by atoms with E-state index >= 15 is 0 Å². The molecule has 4 heteroatoms. The van der Waals surface area contributed by atoms with Crippen LogP contribution in [0.4, 0.5) is 0 Å². The van der Waals surface area contributed by atoms with Crippen LogP contribution >= 0.6 is 0 Å². The topological polar surface area (TPSA) is 51.6 Å². The van der Waals surface area contributed by atoms with Gasteiger partial charge in [-0.2, -0.15) is 0 Å². The first-order valence-corrected chi connectivity index (χ1v) is 41.2. The van der Waals surface area contributed by atoms with E-state index in [0.29, 0.717) is 11.6 Å². The van der Waals surface area contributed by atoms with E-state index in [-0.39, 0.29) is 5.41 Å². The van der Waals surface area contributed by atoms with Crippen LogP contribution in [0.5, 0.6) is 0 Å². The molecule has 0 amide bonds. The molecule has 1 unspecified atom stereocenters. The maximum absolute atomic E-state index is 5.70. The normalized spacial score (nSPS) is 15.0. The Morgan fingerprint density at radius 1 is 0.178 bits per heavy atom. The minimum atomic E-state index is -0.671. The van der Waals surface area contributed by atoms with Gasteiger partial charge in [0.15, 0.2) is 11.6 Å². The van der Waals surface area contributed by atoms with Crippen molar-refractivity contribution in [2.24, 2.45) is 0 Å². The fourth-order valence-corrected chi connectivity index (χ4v) is 21.3. The molecule has 0 bridgehead atoms. The van der Waals surface area contributed by atoms with Gasteiger partial charge in [0.1, 0.15) is 0 Å². The van der Waals surface area contributed by atoms with Gasteiger partial charge in [0, 0.05) is 44.2 Å². The molecule has 0 saturated heterocycles. The largest absolute Gasteiger partial charge is 0.228 e. The van der Waals surface area contributed by atoms with Crippen LogP contribution in [0.2, 0.25) is 0 Å². The quantitative estimate of drug-likeness (QED) is 0.137. The Hall–Kier alpha value is -14.6. The van der Waals surface area contributed by atoms with Crippen molar-refractivity contribution < 1.29 is 0 Å². The molecule has 2 aromatic heterocycles. The lowest BCUT2D eigenvalue weighted by Gasteiger charge is -2.47. The maximum Gasteiger partial charge on any atom is 0.161 e. The number of fused-ring (bicyclic) bond motifs is 20. The molecule has 4 nitrogen and oxygen atoms in total. The van der Waals surface area contributed by atoms with Crippen molar-refractivity contribution >= 4 is 21.5 Å². The van der Waals surface area contributed by atoms with Crippen LogP contribution in [0, 0.1) is 0 Å². The zero-order valence-electron chi connectivity index (χ0n) is 65.9. The van der Waals surface area contributed by atoms with Crippen LogP contribution in [0.25, 0.3) is 156 Å². The van der Waals surface area contributed by atoms with Crippen molar-refractivity contribution in [2.75, 3.05) is 0 Å². The molecule has 118 heavy (non-hydrogen) atoms. The summed E-state index contributed by atoms with van der Waals surface area (Å²) in [7, 11) is 0. The molecule has 19 aromatic rings. The Labute approximate surface area is 687 Å². The molecule has 23 rings (SSSR count). The van der Waals surface area contributed by atoms with Gasteiger partial charge in [-0.15, -0.1) is 0 Å². The van der Waals surface area contributed by atoms with Crippen LogP contribution in [-0.4, -0.2) is 19.9 Å². The van der Waals surface area contributed by atoms with Gasteiger partial charge in [-0.1, -0.05) is 392 Å². The SMILES string of the molecule is CC1(C)c2ccccc2C2(c3ccccc3-c3ccccc32)c2cccc(-c3cccc(-c4cc(-c5ccc(-c6cccc7c6-c6ccccc6C76c7ccccc7C(C)(C)c7c(-c8cccc(-c9cc(-c%10ccc%11ccccc%11c%10)nc(-c%10ccccc%10)n9)c8)cccc76)cc5)nc(-c5ccc(-c6ccccc6)c6ccccc56)n4)c3)c21. The van der Waals surface area contributed by atoms with E-state index in [1.807, 2.05) is 6.07 Å². The van der Waals surface area contributed by atoms with E-state index in [2.05, 4.69) is 422 Å². The van der Waals surface area contributed by atoms with Crippen LogP contribution in [0.3, 0.4) is 0 Å². The van der Waals surface area contributed by atoms with E-state index in [1.54, 1.807) is 0 Å². The first-order chi connectivity index (χ1) is 58.0. The zero-order valence-corrected chi connectivity index (χ0v) is 65.9. The van der Waals surface area contributed by atoms with Gasteiger partial charge < -0.3 is 0 Å². The summed E-state index contributed by atoms with van der Waals surface area (Å²) in [5.41, 5.74) is 37.7. The minimum Gasteiger partial charge on any atom is -0.228 e. The molecule has 0 saturated carbocycles. The molecule has 0 N–H and O–H groups in total. The van der Waals surface area contributed by atoms with Gasteiger partial charge in [0.2, 0.25) is 0 Å². The summed E-state index contributed by atoms with van der Waals surface area (Å²) in [5, 5.41) is 4.61. The summed E-state index contributed by atoms with van der Waals surface area (Å²) in [6.07, 6.45) is 0. The van der Waals surface area contributed by atoms with Gasteiger partial charge in [-0.25, -0.2) is 19.9 Å². The zero-order chi connectivity index (χ0) is 78.6. The maximum atomic E-state index is 5.70. The Kier molecular flexibility index (Phi) is 15.5. The first-order valence-electron chi connectivity index (χ1n) is 41.2. The molecule has 2 heterocycles. The van der Waals surface area contributed by atoms with Gasteiger partial charge in [0.25, 0.3) is 0 Å². The van der Waals surface area contributed by atoms with Crippen molar-refractivity contribution in [1.82, 2.24) is 19.9 Å². The summed E-state index contributed by atoms with van der Waals surface area (Å²) in [6, 6.07) is 148. The Morgan fingerprint density at radius 3 is 1.09 bits per heavy atom. The third kappa shape index (κ3) is 10.2. The highest BCUT2D eigenvalue weighted by molar-refractivity contribution is 6.05. The summed E-state index contributed by atoms with van der Waals surface area (Å²) in [4.78, 5) is 22.0. The van der Waals surface area contributed by atoms with Crippen LogP contribution < -0.4 is 0 Å². The van der Waals surface area contributed by atoms with Gasteiger partial charge in [0.05, 0.1) is 33.6 Å². The average Bonchev–Trinajstić information content (AvgIpc) is 1.47. The third-order valence-corrected chi connectivity index (χ3v) is 26.4. The second-order valence-corrected chi connectivity index (χ2v) is 33.3. The molecule has 2 spiro atoms. The Balaban J connectivity index is 0.661. The number of aromatic nitrogens is 4. The Morgan fingerprint density at radius 2 is 0.525 bits per heavy atom. The number of nitrogens with zero attached hydrogens (tertiary/aromatic N) is 4. The molecule has 0 fully saturated rings. The van der Waals surface area contributed by atoms with Crippen molar-refractivity contribution in [2.45, 2.75) is 49.4 Å². The molecule has 1 atom stereocenters. The van der Waals surface area contributed by atoms with E-state index in [4.69, 9.17) is 19.9 Å². The molecule has 554 valence electrons. The fraction of sp³-hybridized carbons (Fsp3) is 0.0702. The summed E-state index contributed by atoms with van der Waals surface area (Å²) in [6.45, 7) is 9.72. The van der Waals surface area contributed by atoms with Crippen molar-refractivity contribution in [3.63, 3.8) is 0 Å². The van der Waals surface area contributed by atoms with Gasteiger partial charge >= 0.3 is 0 Å². The first kappa shape index (κ1) is 69.0. The van der Waals surface area contributed by atoms with Gasteiger partial charge in [-0.05, 0) is 191 Å². The smallest absolute Gasteiger partial charge is 0.161 e. The summed E-state index contributed by atoms with van der Waals surface area (Å²) in [5.74, 6) is 1.35. The molecular formula is C114H78N4. The molecule has 0 radical (unpaired) electrons. The van der Waals surface area contributed by atoms with Crippen molar-refractivity contribution in [3.05, 3.63) is 467 Å². The highest BCUT2D eigenvalue weighted by Crippen LogP contribution is 2.66. The van der Waals surface area contributed by atoms with Crippen LogP contribution in [0.1, 0.15) is 94.5 Å². The fourth-order valence-electron chi connectivity index (χ4n) is 21.3. The monoisotopic (exact) mass is 1500 g/mol. The lowest BCUT2D eigenvalue weighted by molar-refractivity contribution is 0.565. The second-order valence-electron chi connectivity index (χ2n) is 33.3. The van der Waals surface area contributed by atoms with E-state index in [9.17, 15) is 0 Å². The van der Waals surface area contributed by atoms with E-state index in [0.717, 1.165) is 89.2 Å². The van der Waals surface area contributed by atoms with Crippen LogP contribution in [-0.2, 0) is 21.7 Å². The highest BCUT2D eigenvalue weighted by atomic mass is 14.9. The summed E-state index contributed by atoms with van der Waals surface area (Å²) >= 11 is 0. The number of rotatable bonds is 10. The standard InChI is InChI=1S/C114H78N4/c1-111(2)95-51-21-23-53-97(95)113(92-48-18-15-42-88(92)89-43-16-19-49-93(89)113)100-56-28-46-84(107(100)111)78-37-26-39-80(68-78)104-69-102(117-110(118-104)90-65-64-82(72-31-7-5-8-32-72)86-40-13-14-41-87(86)90)74-61-59-73(60-62-74)83-45-27-55-99-106(83)91-44-17-20-50-94(91)114(99)98-54-24-22-52-96(98)112(3,4)108-85(47-29-57-101(108)114)77-36-25-38-79(67-77)103-70-105(116-109(115-103)75-33-9-6-10-34-75)81-63-58-71-30-11-12-35-76(71)66-81/h5-70H,1-4H3. The Bertz CT molecular complexity index is 7330. The van der Waals surface area contributed by atoms with Crippen LogP contribution in [0.15, 0.2) is 400 Å². The lowest BCUT2D eigenvalue weighted by Crippen LogP contribution is -2.41. The number of hydrogen-bond acceptors (Lipinski definition) is 4. The summed E-state index contributed by atoms with van der Waals surface area (Å²) < 4.78 is 0. The lowest BCUT2D eigenvalue weighted by atomic mass is 9.54. The van der Waals surface area contributed by atoms with Crippen molar-refractivity contribution in [3.8, 4) is 135 Å². The number of benzene rings is 17. The predicted octanol–water partition coefficient (Wildman–Crippen LogP) is 28.2. The number of hydrogen-bond donors (Lipinski definition) is 0. The second kappa shape index (κ2) is 26.5. The van der Waals surface area contributed by atoms with Crippen molar-refractivity contribution in [1.29, 1.82) is 0 Å². The molecule has 4 aliphatic rings. The van der Waals surface area contributed by atoms with Gasteiger partial charge in [-0.3, -0.25) is 0 Å². The predicted molar refractivity (Wildman–Crippen MR) is 486 cm³/mol.